The number of rotatable bonds is 6. The van der Waals surface area contributed by atoms with Crippen molar-refractivity contribution in [2.45, 2.75) is 19.4 Å². The SMILES string of the molecule is COCc1nc(-c2ccco2)sc1CCC(=O)O. The quantitative estimate of drug-likeness (QED) is 0.870. The molecule has 18 heavy (non-hydrogen) atoms. The maximum atomic E-state index is 10.6. The van der Waals surface area contributed by atoms with E-state index in [1.54, 1.807) is 19.4 Å². The molecule has 2 aromatic rings. The van der Waals surface area contributed by atoms with Gasteiger partial charge >= 0.3 is 5.97 Å². The van der Waals surface area contributed by atoms with Gasteiger partial charge in [0.2, 0.25) is 0 Å². The van der Waals surface area contributed by atoms with E-state index in [9.17, 15) is 4.79 Å². The van der Waals surface area contributed by atoms with Gasteiger partial charge in [0.1, 0.15) is 0 Å². The number of aryl methyl sites for hydroxylation is 1. The Hall–Kier alpha value is -1.66. The molecule has 96 valence electrons. The Bertz CT molecular complexity index is 518. The van der Waals surface area contributed by atoms with Crippen LogP contribution in [0.25, 0.3) is 10.8 Å². The summed E-state index contributed by atoms with van der Waals surface area (Å²) in [6.07, 6.45) is 2.15. The Balaban J connectivity index is 2.23. The number of hydrogen-bond acceptors (Lipinski definition) is 5. The number of carbonyl (C=O) groups is 1. The van der Waals surface area contributed by atoms with Gasteiger partial charge in [0.05, 0.1) is 25.0 Å². The van der Waals surface area contributed by atoms with E-state index < -0.39 is 5.97 Å². The maximum absolute atomic E-state index is 10.6. The Morgan fingerprint density at radius 2 is 2.44 bits per heavy atom. The van der Waals surface area contributed by atoms with Gasteiger partial charge in [-0.1, -0.05) is 0 Å². The minimum atomic E-state index is -0.814. The van der Waals surface area contributed by atoms with Gasteiger partial charge in [-0.25, -0.2) is 4.98 Å². The van der Waals surface area contributed by atoms with Crippen LogP contribution in [0.2, 0.25) is 0 Å². The maximum Gasteiger partial charge on any atom is 0.303 e. The zero-order valence-corrected chi connectivity index (χ0v) is 10.7. The molecule has 0 aliphatic rings. The summed E-state index contributed by atoms with van der Waals surface area (Å²) in [4.78, 5) is 16.0. The van der Waals surface area contributed by atoms with E-state index in [2.05, 4.69) is 4.98 Å². The first-order valence-corrected chi connectivity index (χ1v) is 6.25. The normalized spacial score (nSPS) is 10.7. The zero-order valence-electron chi connectivity index (χ0n) is 9.88. The van der Waals surface area contributed by atoms with Crippen molar-refractivity contribution in [2.75, 3.05) is 7.11 Å². The number of carboxylic acid groups (broad SMARTS) is 1. The van der Waals surface area contributed by atoms with Gasteiger partial charge in [-0.05, 0) is 18.6 Å². The van der Waals surface area contributed by atoms with Gasteiger partial charge in [-0.15, -0.1) is 11.3 Å². The highest BCUT2D eigenvalue weighted by molar-refractivity contribution is 7.15. The molecular weight excluding hydrogens is 254 g/mol. The van der Waals surface area contributed by atoms with Crippen LogP contribution in [0.1, 0.15) is 17.0 Å². The fraction of sp³-hybridized carbons (Fsp3) is 0.333. The van der Waals surface area contributed by atoms with E-state index in [4.69, 9.17) is 14.3 Å². The summed E-state index contributed by atoms with van der Waals surface area (Å²) in [6, 6.07) is 3.63. The van der Waals surface area contributed by atoms with Crippen molar-refractivity contribution in [3.63, 3.8) is 0 Å². The van der Waals surface area contributed by atoms with Crippen molar-refractivity contribution in [1.82, 2.24) is 4.98 Å². The lowest BCUT2D eigenvalue weighted by Gasteiger charge is -1.98. The van der Waals surface area contributed by atoms with Gasteiger partial charge < -0.3 is 14.3 Å². The summed E-state index contributed by atoms with van der Waals surface area (Å²) in [5, 5.41) is 9.48. The van der Waals surface area contributed by atoms with Crippen molar-refractivity contribution < 1.29 is 19.1 Å². The number of hydrogen-bond donors (Lipinski definition) is 1. The second-order valence-electron chi connectivity index (χ2n) is 3.69. The molecule has 6 heteroatoms. The van der Waals surface area contributed by atoms with Gasteiger partial charge in [-0.3, -0.25) is 4.79 Å². The lowest BCUT2D eigenvalue weighted by Crippen LogP contribution is -1.99. The van der Waals surface area contributed by atoms with Crippen LogP contribution in [-0.2, 0) is 22.6 Å². The van der Waals surface area contributed by atoms with Crippen molar-refractivity contribution in [1.29, 1.82) is 0 Å². The Morgan fingerprint density at radius 1 is 1.61 bits per heavy atom. The van der Waals surface area contributed by atoms with Crippen LogP contribution in [0.4, 0.5) is 0 Å². The molecule has 5 nitrogen and oxygen atoms in total. The molecule has 0 aliphatic carbocycles. The molecule has 2 heterocycles. The largest absolute Gasteiger partial charge is 0.481 e. The van der Waals surface area contributed by atoms with Crippen LogP contribution in [0.3, 0.4) is 0 Å². The first-order valence-electron chi connectivity index (χ1n) is 5.44. The zero-order chi connectivity index (χ0) is 13.0. The fourth-order valence-electron chi connectivity index (χ4n) is 1.55. The van der Waals surface area contributed by atoms with Crippen molar-refractivity contribution >= 4 is 17.3 Å². The molecule has 0 unspecified atom stereocenters. The molecule has 0 bridgehead atoms. The summed E-state index contributed by atoms with van der Waals surface area (Å²) < 4.78 is 10.4. The molecule has 0 amide bonds. The van der Waals surface area contributed by atoms with Crippen molar-refractivity contribution in [2.24, 2.45) is 0 Å². The average molecular weight is 267 g/mol. The van der Waals surface area contributed by atoms with Crippen LogP contribution in [0, 0.1) is 0 Å². The number of methoxy groups -OCH3 is 1. The van der Waals surface area contributed by atoms with Crippen LogP contribution < -0.4 is 0 Å². The van der Waals surface area contributed by atoms with Gasteiger partial charge in [-0.2, -0.15) is 0 Å². The standard InChI is InChI=1S/C12H13NO4S/c1-16-7-8-10(4-5-11(14)15)18-12(13-8)9-3-2-6-17-9/h2-3,6H,4-5,7H2,1H3,(H,14,15). The number of aliphatic carboxylic acids is 1. The molecule has 0 radical (unpaired) electrons. The van der Waals surface area contributed by atoms with Gasteiger partial charge in [0.15, 0.2) is 10.8 Å². The minimum Gasteiger partial charge on any atom is -0.481 e. The number of aromatic nitrogens is 1. The first-order chi connectivity index (χ1) is 8.70. The van der Waals surface area contributed by atoms with Crippen LogP contribution in [0.5, 0.6) is 0 Å². The smallest absolute Gasteiger partial charge is 0.303 e. The topological polar surface area (TPSA) is 72.6 Å². The van der Waals surface area contributed by atoms with Gasteiger partial charge in [0.25, 0.3) is 0 Å². The minimum absolute atomic E-state index is 0.0938. The molecule has 0 spiro atoms. The number of nitrogens with zero attached hydrogens (tertiary/aromatic N) is 1. The highest BCUT2D eigenvalue weighted by Gasteiger charge is 2.14. The molecule has 0 saturated carbocycles. The fourth-order valence-corrected chi connectivity index (χ4v) is 2.59. The Labute approximate surface area is 108 Å². The highest BCUT2D eigenvalue weighted by Crippen LogP contribution is 2.29. The Morgan fingerprint density at radius 3 is 3.06 bits per heavy atom. The average Bonchev–Trinajstić information content (AvgIpc) is 2.95. The van der Waals surface area contributed by atoms with E-state index in [-0.39, 0.29) is 6.42 Å². The van der Waals surface area contributed by atoms with Gasteiger partial charge in [0, 0.05) is 12.0 Å². The highest BCUT2D eigenvalue weighted by atomic mass is 32.1. The van der Waals surface area contributed by atoms with Crippen molar-refractivity contribution in [3.8, 4) is 10.8 Å². The van der Waals surface area contributed by atoms with E-state index in [0.717, 1.165) is 15.6 Å². The second kappa shape index (κ2) is 5.79. The lowest BCUT2D eigenvalue weighted by atomic mass is 10.2. The molecule has 2 aromatic heterocycles. The molecule has 2 rings (SSSR count). The van der Waals surface area contributed by atoms with E-state index in [1.165, 1.54) is 11.3 Å². The third kappa shape index (κ3) is 2.96. The number of thiazole rings is 1. The predicted octanol–water partition coefficient (Wildman–Crippen LogP) is 2.57. The summed E-state index contributed by atoms with van der Waals surface area (Å²) in [5.74, 6) is -0.120. The van der Waals surface area contributed by atoms with E-state index in [0.29, 0.717) is 18.8 Å². The molecule has 0 saturated heterocycles. The molecule has 0 aliphatic heterocycles. The summed E-state index contributed by atoms with van der Waals surface area (Å²) >= 11 is 1.45. The number of carboxylic acids is 1. The third-order valence-electron chi connectivity index (χ3n) is 2.36. The monoisotopic (exact) mass is 267 g/mol. The molecule has 0 atom stereocenters. The third-order valence-corrected chi connectivity index (χ3v) is 3.53. The predicted molar refractivity (Wildman–Crippen MR) is 66.5 cm³/mol. The van der Waals surface area contributed by atoms with Crippen LogP contribution in [-0.4, -0.2) is 23.2 Å². The number of furan rings is 1. The number of ether oxygens (including phenoxy) is 1. The summed E-state index contributed by atoms with van der Waals surface area (Å²) in [6.45, 7) is 0.381. The molecule has 0 fully saturated rings. The van der Waals surface area contributed by atoms with E-state index >= 15 is 0 Å². The Kier molecular flexibility index (Phi) is 4.11. The van der Waals surface area contributed by atoms with Crippen LogP contribution in [0.15, 0.2) is 22.8 Å². The van der Waals surface area contributed by atoms with Crippen molar-refractivity contribution in [3.05, 3.63) is 29.0 Å². The summed E-state index contributed by atoms with van der Waals surface area (Å²) in [7, 11) is 1.59. The second-order valence-corrected chi connectivity index (χ2v) is 4.78. The van der Waals surface area contributed by atoms with Crippen LogP contribution >= 0.6 is 11.3 Å². The van der Waals surface area contributed by atoms with E-state index in [1.807, 2.05) is 6.07 Å². The molecular formula is C12H13NO4S. The molecule has 1 N–H and O–H groups in total. The lowest BCUT2D eigenvalue weighted by molar-refractivity contribution is -0.136. The molecule has 0 aromatic carbocycles. The first kappa shape index (κ1) is 12.8. The summed E-state index contributed by atoms with van der Waals surface area (Å²) in [5.41, 5.74) is 0.787.